The zero-order valence-electron chi connectivity index (χ0n) is 19.0. The summed E-state index contributed by atoms with van der Waals surface area (Å²) in [5.41, 5.74) is 5.61. The van der Waals surface area contributed by atoms with E-state index in [0.29, 0.717) is 18.3 Å². The van der Waals surface area contributed by atoms with Crippen LogP contribution in [0, 0.1) is 6.16 Å². The van der Waals surface area contributed by atoms with E-state index < -0.39 is 19.0 Å². The number of hydrogen-bond acceptors (Lipinski definition) is 4. The number of amidine groups is 1. The molecule has 1 aromatic heterocycles. The third kappa shape index (κ3) is 3.70. The lowest BCUT2D eigenvalue weighted by molar-refractivity contribution is 0.0582. The van der Waals surface area contributed by atoms with Crippen LogP contribution in [0.15, 0.2) is 49.3 Å². The molecule has 166 valence electrons. The highest BCUT2D eigenvalue weighted by Crippen LogP contribution is 2.63. The van der Waals surface area contributed by atoms with Crippen LogP contribution >= 0.6 is 7.77 Å². The molecule has 4 aliphatic rings. The Morgan fingerprint density at radius 2 is 2.26 bits per heavy atom. The minimum Gasteiger partial charge on any atom is -0.495 e. The van der Waals surface area contributed by atoms with Crippen LogP contribution < -0.4 is 5.32 Å². The second-order valence-corrected chi connectivity index (χ2v) is 11.4. The van der Waals surface area contributed by atoms with Crippen molar-refractivity contribution in [1.29, 1.82) is 0 Å². The standard InChI is InChI=1S/C25H33N2O3P/c1-5-6-10-19-16(2)11-17-8-7-9-18(12-17)22(19)27-23-26-14-25(29-23)15-31-21(25)13-20(30-31)24(3,4)28/h11,13,15,28H,5-10,12,14H2,1-4H3,(H,26,27). The van der Waals surface area contributed by atoms with Crippen molar-refractivity contribution in [3.63, 3.8) is 0 Å². The molecule has 0 aromatic carbocycles. The molecule has 3 heterocycles. The number of nitrogens with one attached hydrogen (secondary N) is 1. The fourth-order valence-electron chi connectivity index (χ4n) is 5.01. The van der Waals surface area contributed by atoms with Crippen molar-refractivity contribution in [3.05, 3.63) is 57.3 Å². The highest BCUT2D eigenvalue weighted by molar-refractivity contribution is 7.49. The Kier molecular flexibility index (Phi) is 5.18. The molecule has 1 saturated carbocycles. The Hall–Kier alpha value is -1.84. The average molecular weight is 441 g/mol. The lowest BCUT2D eigenvalue weighted by atomic mass is 9.89. The van der Waals surface area contributed by atoms with Gasteiger partial charge in [-0.05, 0) is 76.0 Å². The second kappa shape index (κ2) is 7.64. The van der Waals surface area contributed by atoms with Gasteiger partial charge in [-0.3, -0.25) is 0 Å². The van der Waals surface area contributed by atoms with Crippen LogP contribution in [-0.2, 0) is 15.9 Å². The number of nitrogens with zero attached hydrogens (tertiary/aromatic N) is 1. The van der Waals surface area contributed by atoms with Gasteiger partial charge in [0.1, 0.15) is 5.60 Å². The summed E-state index contributed by atoms with van der Waals surface area (Å²) >= 11 is 0. The Bertz CT molecular complexity index is 1040. The average Bonchev–Trinajstić information content (AvgIpc) is 3.27. The van der Waals surface area contributed by atoms with E-state index in [0.717, 1.165) is 24.6 Å². The molecule has 2 aliphatic carbocycles. The van der Waals surface area contributed by atoms with Crippen LogP contribution in [0.3, 0.4) is 0 Å². The summed E-state index contributed by atoms with van der Waals surface area (Å²) in [5.74, 6) is 0.627. The number of aliphatic hydroxyl groups is 1. The molecule has 0 saturated heterocycles. The van der Waals surface area contributed by atoms with E-state index in [9.17, 15) is 5.11 Å². The summed E-state index contributed by atoms with van der Waals surface area (Å²) in [4.78, 5) is 4.75. The fourth-order valence-corrected chi connectivity index (χ4v) is 7.04. The first-order chi connectivity index (χ1) is 14.8. The van der Waals surface area contributed by atoms with Crippen molar-refractivity contribution in [2.75, 3.05) is 6.54 Å². The van der Waals surface area contributed by atoms with Crippen LogP contribution in [0.5, 0.6) is 0 Å². The summed E-state index contributed by atoms with van der Waals surface area (Å²) in [6.07, 6.45) is 12.6. The maximum absolute atomic E-state index is 10.3. The molecule has 5 rings (SSSR count). The maximum atomic E-state index is 10.3. The van der Waals surface area contributed by atoms with Crippen molar-refractivity contribution in [2.45, 2.75) is 83.8 Å². The van der Waals surface area contributed by atoms with E-state index in [1.54, 1.807) is 19.4 Å². The van der Waals surface area contributed by atoms with E-state index >= 15 is 0 Å². The molecule has 2 aliphatic heterocycles. The van der Waals surface area contributed by atoms with Gasteiger partial charge in [-0.2, -0.15) is 4.20 Å². The number of allylic oxidation sites excluding steroid dienone is 5. The Labute approximate surface area is 186 Å². The lowest BCUT2D eigenvalue weighted by Crippen LogP contribution is -2.37. The van der Waals surface area contributed by atoms with E-state index in [2.05, 4.69) is 31.4 Å². The van der Waals surface area contributed by atoms with Crippen molar-refractivity contribution in [3.8, 4) is 0 Å². The summed E-state index contributed by atoms with van der Waals surface area (Å²) in [6.45, 7) is 8.58. The van der Waals surface area contributed by atoms with Gasteiger partial charge in [0.05, 0.1) is 17.4 Å². The Morgan fingerprint density at radius 1 is 1.42 bits per heavy atom. The van der Waals surface area contributed by atoms with E-state index in [-0.39, 0.29) is 0 Å². The van der Waals surface area contributed by atoms with Crippen LogP contribution in [-0.4, -0.2) is 17.7 Å². The van der Waals surface area contributed by atoms with Gasteiger partial charge in [-0.15, -0.1) is 0 Å². The molecule has 2 bridgehead atoms. The molecule has 2 N–H and O–H groups in total. The van der Waals surface area contributed by atoms with Gasteiger partial charge >= 0.3 is 0 Å². The summed E-state index contributed by atoms with van der Waals surface area (Å²) in [7, 11) is -0.801. The van der Waals surface area contributed by atoms with Gasteiger partial charge < -0.3 is 15.2 Å². The quantitative estimate of drug-likeness (QED) is 0.420. The van der Waals surface area contributed by atoms with E-state index in [1.165, 1.54) is 48.1 Å². The normalized spacial score (nSPS) is 25.6. The monoisotopic (exact) mass is 440 g/mol. The van der Waals surface area contributed by atoms with Gasteiger partial charge in [0, 0.05) is 11.9 Å². The minimum absolute atomic E-state index is 0.505. The minimum atomic E-state index is -0.975. The highest BCUT2D eigenvalue weighted by atomic mass is 31.1. The van der Waals surface area contributed by atoms with Crippen LogP contribution in [0.4, 0.5) is 0 Å². The molecule has 1 spiro atoms. The van der Waals surface area contributed by atoms with E-state index in [4.69, 9.17) is 13.9 Å². The Balaban J connectivity index is 1.39. The zero-order chi connectivity index (χ0) is 21.8. The highest BCUT2D eigenvalue weighted by Gasteiger charge is 2.52. The Morgan fingerprint density at radius 3 is 3.03 bits per heavy atom. The topological polar surface area (TPSA) is 65.2 Å². The van der Waals surface area contributed by atoms with Crippen molar-refractivity contribution in [1.82, 2.24) is 5.32 Å². The predicted octanol–water partition coefficient (Wildman–Crippen LogP) is 6.24. The number of unbranched alkanes of at least 4 members (excludes halogenated alkanes) is 1. The third-order valence-electron chi connectivity index (χ3n) is 6.78. The van der Waals surface area contributed by atoms with Gasteiger partial charge in [0.25, 0.3) is 19.6 Å². The van der Waals surface area contributed by atoms with Crippen LogP contribution in [0.25, 0.3) is 0 Å². The first-order valence-corrected chi connectivity index (χ1v) is 12.9. The zero-order valence-corrected chi connectivity index (χ0v) is 19.9. The number of aliphatic imine (C=N–C) groups is 1. The van der Waals surface area contributed by atoms with Gasteiger partial charge in [0.15, 0.2) is 0 Å². The van der Waals surface area contributed by atoms with Gasteiger partial charge in [-0.1, -0.05) is 31.1 Å². The van der Waals surface area contributed by atoms with Gasteiger partial charge in [0.2, 0.25) is 0 Å². The molecule has 5 nitrogen and oxygen atoms in total. The molecular weight excluding hydrogens is 407 g/mol. The van der Waals surface area contributed by atoms with E-state index in [1.807, 2.05) is 6.07 Å². The van der Waals surface area contributed by atoms with Crippen LogP contribution in [0.2, 0.25) is 0 Å². The van der Waals surface area contributed by atoms with Gasteiger partial charge in [-0.25, -0.2) is 4.99 Å². The summed E-state index contributed by atoms with van der Waals surface area (Å²) in [5, 5.41) is 15.1. The third-order valence-corrected chi connectivity index (χ3v) is 8.81. The number of rotatable bonds is 5. The molecule has 2 atom stereocenters. The summed E-state index contributed by atoms with van der Waals surface area (Å²) in [6, 6.07) is 2.59. The first kappa shape index (κ1) is 21.0. The smallest absolute Gasteiger partial charge is 0.293 e. The molecule has 1 fully saturated rings. The number of hydrogen-bond donors (Lipinski definition) is 2. The van der Waals surface area contributed by atoms with Crippen molar-refractivity contribution < 1.29 is 14.0 Å². The second-order valence-electron chi connectivity index (χ2n) is 9.81. The molecule has 0 amide bonds. The first-order valence-electron chi connectivity index (χ1n) is 11.6. The SMILES string of the molecule is CCCCC1=C(C)C=C2CCCC(=C1NC1=NCC3([CH-][p+]4[o+][c-](C(C)(C)O)cc43)O1)C2. The molecule has 1 aromatic rings. The number of fused-ring (bicyclic) bond motifs is 4. The molecule has 2 unspecified atom stereocenters. The lowest BCUT2D eigenvalue weighted by Gasteiger charge is -2.37. The maximum Gasteiger partial charge on any atom is 0.293 e. The molecular formula is C25H33N2O3P. The molecule has 31 heavy (non-hydrogen) atoms. The summed E-state index contributed by atoms with van der Waals surface area (Å²) < 4.78 is 12.4. The van der Waals surface area contributed by atoms with Crippen molar-refractivity contribution in [2.24, 2.45) is 4.99 Å². The fraction of sp³-hybridized carbons (Fsp3) is 0.560. The molecule has 6 heteroatoms. The molecule has 0 radical (unpaired) electrons. The predicted molar refractivity (Wildman–Crippen MR) is 125 cm³/mol. The largest absolute Gasteiger partial charge is 0.495 e. The van der Waals surface area contributed by atoms with Crippen LogP contribution in [0.1, 0.15) is 83.7 Å². The van der Waals surface area contributed by atoms with Crippen molar-refractivity contribution >= 4 is 13.8 Å². The number of ether oxygens (including phenoxy) is 1.